The van der Waals surface area contributed by atoms with Crippen molar-refractivity contribution in [1.82, 2.24) is 4.90 Å². The maximum atomic E-state index is 11.7. The fourth-order valence-electron chi connectivity index (χ4n) is 1.18. The van der Waals surface area contributed by atoms with Crippen molar-refractivity contribution in [2.24, 2.45) is 11.8 Å². The van der Waals surface area contributed by atoms with E-state index in [0.717, 1.165) is 0 Å². The van der Waals surface area contributed by atoms with Crippen LogP contribution in [0.4, 0.5) is 0 Å². The number of carbonyl (C=O) groups is 2. The molecular formula is C11H21NO3. The lowest BCUT2D eigenvalue weighted by Crippen LogP contribution is -2.36. The molecule has 0 fully saturated rings. The second-order valence-corrected chi connectivity index (χ2v) is 4.23. The summed E-state index contributed by atoms with van der Waals surface area (Å²) >= 11 is 0. The normalized spacial score (nSPS) is 12.6. The summed E-state index contributed by atoms with van der Waals surface area (Å²) in [5.41, 5.74) is 0. The molecule has 1 N–H and O–H groups in total. The second kappa shape index (κ2) is 6.43. The Bertz CT molecular complexity index is 226. The number of nitrogens with zero attached hydrogens (tertiary/aromatic N) is 1. The first-order valence-corrected chi connectivity index (χ1v) is 5.38. The lowest BCUT2D eigenvalue weighted by molar-refractivity contribution is -0.144. The molecule has 0 aromatic heterocycles. The number of carboxylic acids is 1. The Morgan fingerprint density at radius 2 is 1.80 bits per heavy atom. The lowest BCUT2D eigenvalue weighted by Gasteiger charge is -2.22. The van der Waals surface area contributed by atoms with Crippen LogP contribution in [0.1, 0.15) is 34.1 Å². The highest BCUT2D eigenvalue weighted by Gasteiger charge is 2.18. The molecule has 0 aliphatic heterocycles. The first-order valence-electron chi connectivity index (χ1n) is 5.38. The molecule has 1 atom stereocenters. The quantitative estimate of drug-likeness (QED) is 0.732. The zero-order valence-corrected chi connectivity index (χ0v) is 9.99. The molecule has 0 rings (SSSR count). The van der Waals surface area contributed by atoms with Gasteiger partial charge in [0.05, 0.1) is 0 Å². The van der Waals surface area contributed by atoms with Gasteiger partial charge in [0.2, 0.25) is 5.91 Å². The highest BCUT2D eigenvalue weighted by atomic mass is 16.4. The molecule has 4 heteroatoms. The van der Waals surface area contributed by atoms with Crippen LogP contribution in [0.3, 0.4) is 0 Å². The molecule has 1 amide bonds. The summed E-state index contributed by atoms with van der Waals surface area (Å²) in [4.78, 5) is 23.6. The number of hydrogen-bond donors (Lipinski definition) is 1. The summed E-state index contributed by atoms with van der Waals surface area (Å²) in [6.07, 6.45) is 0.429. The molecule has 1 unspecified atom stereocenters. The molecule has 4 nitrogen and oxygen atoms in total. The monoisotopic (exact) mass is 215 g/mol. The van der Waals surface area contributed by atoms with Crippen molar-refractivity contribution in [3.8, 4) is 0 Å². The molecule has 0 heterocycles. The van der Waals surface area contributed by atoms with E-state index in [1.54, 1.807) is 6.92 Å². The summed E-state index contributed by atoms with van der Waals surface area (Å²) < 4.78 is 0. The predicted octanol–water partition coefficient (Wildman–Crippen LogP) is 1.60. The third kappa shape index (κ3) is 5.40. The molecule has 0 spiro atoms. The van der Waals surface area contributed by atoms with Gasteiger partial charge in [-0.3, -0.25) is 9.59 Å². The number of likely N-dealkylation sites (N-methyl/N-ethyl adjacent to an activating group) is 1. The van der Waals surface area contributed by atoms with Gasteiger partial charge in [-0.15, -0.1) is 0 Å². The molecule has 0 aromatic carbocycles. The van der Waals surface area contributed by atoms with Crippen LogP contribution in [-0.4, -0.2) is 35.0 Å². The van der Waals surface area contributed by atoms with E-state index in [-0.39, 0.29) is 12.5 Å². The Hall–Kier alpha value is -1.06. The first kappa shape index (κ1) is 13.9. The predicted molar refractivity (Wildman–Crippen MR) is 58.5 cm³/mol. The van der Waals surface area contributed by atoms with E-state index >= 15 is 0 Å². The van der Waals surface area contributed by atoms with Gasteiger partial charge in [-0.25, -0.2) is 0 Å². The molecule has 0 radical (unpaired) electrons. The SMILES string of the molecule is CCN(CC(=O)O)C(=O)CC(C)C(C)C. The Morgan fingerprint density at radius 3 is 2.13 bits per heavy atom. The standard InChI is InChI=1S/C11H21NO3/c1-5-12(7-11(14)15)10(13)6-9(4)8(2)3/h8-9H,5-7H2,1-4H3,(H,14,15). The van der Waals surface area contributed by atoms with Crippen LogP contribution in [-0.2, 0) is 9.59 Å². The third-order valence-corrected chi connectivity index (χ3v) is 2.70. The molecular weight excluding hydrogens is 194 g/mol. The lowest BCUT2D eigenvalue weighted by atomic mass is 9.94. The maximum Gasteiger partial charge on any atom is 0.323 e. The van der Waals surface area contributed by atoms with Crippen molar-refractivity contribution in [1.29, 1.82) is 0 Å². The van der Waals surface area contributed by atoms with E-state index < -0.39 is 5.97 Å². The average Bonchev–Trinajstić information content (AvgIpc) is 2.13. The fourth-order valence-corrected chi connectivity index (χ4v) is 1.18. The van der Waals surface area contributed by atoms with Crippen molar-refractivity contribution >= 4 is 11.9 Å². The van der Waals surface area contributed by atoms with Gasteiger partial charge in [-0.05, 0) is 18.8 Å². The molecule has 0 aliphatic carbocycles. The molecule has 0 saturated carbocycles. The van der Waals surface area contributed by atoms with Crippen LogP contribution in [0, 0.1) is 11.8 Å². The van der Waals surface area contributed by atoms with E-state index in [1.807, 2.05) is 6.92 Å². The number of carbonyl (C=O) groups excluding carboxylic acids is 1. The number of hydrogen-bond acceptors (Lipinski definition) is 2. The van der Waals surface area contributed by atoms with Crippen LogP contribution < -0.4 is 0 Å². The van der Waals surface area contributed by atoms with Gasteiger partial charge in [-0.2, -0.15) is 0 Å². The van der Waals surface area contributed by atoms with E-state index in [4.69, 9.17) is 5.11 Å². The van der Waals surface area contributed by atoms with Crippen LogP contribution in [0.15, 0.2) is 0 Å². The highest BCUT2D eigenvalue weighted by molar-refractivity contribution is 5.81. The van der Waals surface area contributed by atoms with Gasteiger partial charge >= 0.3 is 5.97 Å². The number of carboxylic acid groups (broad SMARTS) is 1. The van der Waals surface area contributed by atoms with Gasteiger partial charge in [0, 0.05) is 13.0 Å². The van der Waals surface area contributed by atoms with E-state index in [2.05, 4.69) is 13.8 Å². The largest absolute Gasteiger partial charge is 0.480 e. The van der Waals surface area contributed by atoms with Crippen LogP contribution in [0.25, 0.3) is 0 Å². The smallest absolute Gasteiger partial charge is 0.323 e. The average molecular weight is 215 g/mol. The van der Waals surface area contributed by atoms with Crippen molar-refractivity contribution in [3.05, 3.63) is 0 Å². The van der Waals surface area contributed by atoms with E-state index in [0.29, 0.717) is 24.8 Å². The molecule has 0 saturated heterocycles. The molecule has 0 aromatic rings. The van der Waals surface area contributed by atoms with Crippen LogP contribution >= 0.6 is 0 Å². The van der Waals surface area contributed by atoms with Gasteiger partial charge in [0.1, 0.15) is 6.54 Å². The molecule has 15 heavy (non-hydrogen) atoms. The Kier molecular flexibility index (Phi) is 5.97. The maximum absolute atomic E-state index is 11.7. The number of aliphatic carboxylic acids is 1. The van der Waals surface area contributed by atoms with Crippen molar-refractivity contribution in [2.45, 2.75) is 34.1 Å². The molecule has 0 aliphatic rings. The topological polar surface area (TPSA) is 57.6 Å². The summed E-state index contributed by atoms with van der Waals surface area (Å²) in [6.45, 7) is 8.19. The number of amides is 1. The fraction of sp³-hybridized carbons (Fsp3) is 0.818. The van der Waals surface area contributed by atoms with Gasteiger partial charge in [0.15, 0.2) is 0 Å². The Morgan fingerprint density at radius 1 is 1.27 bits per heavy atom. The molecule has 0 bridgehead atoms. The number of rotatable bonds is 6. The Labute approximate surface area is 91.3 Å². The van der Waals surface area contributed by atoms with Crippen molar-refractivity contribution < 1.29 is 14.7 Å². The zero-order chi connectivity index (χ0) is 12.0. The summed E-state index contributed by atoms with van der Waals surface area (Å²) in [6, 6.07) is 0. The van der Waals surface area contributed by atoms with Gasteiger partial charge in [-0.1, -0.05) is 20.8 Å². The summed E-state index contributed by atoms with van der Waals surface area (Å²) in [5.74, 6) is -0.290. The van der Waals surface area contributed by atoms with Crippen molar-refractivity contribution in [2.75, 3.05) is 13.1 Å². The van der Waals surface area contributed by atoms with Crippen LogP contribution in [0.5, 0.6) is 0 Å². The highest BCUT2D eigenvalue weighted by Crippen LogP contribution is 2.15. The Balaban J connectivity index is 4.21. The molecule has 88 valence electrons. The van der Waals surface area contributed by atoms with E-state index in [1.165, 1.54) is 4.90 Å². The van der Waals surface area contributed by atoms with Crippen LogP contribution in [0.2, 0.25) is 0 Å². The third-order valence-electron chi connectivity index (χ3n) is 2.70. The van der Waals surface area contributed by atoms with Gasteiger partial charge < -0.3 is 10.0 Å². The minimum Gasteiger partial charge on any atom is -0.480 e. The van der Waals surface area contributed by atoms with E-state index in [9.17, 15) is 9.59 Å². The van der Waals surface area contributed by atoms with Crippen molar-refractivity contribution in [3.63, 3.8) is 0 Å². The first-order chi connectivity index (χ1) is 6.88. The summed E-state index contributed by atoms with van der Waals surface area (Å²) in [5, 5.41) is 8.61. The second-order valence-electron chi connectivity index (χ2n) is 4.23. The minimum absolute atomic E-state index is 0.0684. The minimum atomic E-state index is -0.956. The summed E-state index contributed by atoms with van der Waals surface area (Å²) in [7, 11) is 0. The van der Waals surface area contributed by atoms with Gasteiger partial charge in [0.25, 0.3) is 0 Å². The zero-order valence-electron chi connectivity index (χ0n) is 9.99.